The molecule has 0 bridgehead atoms. The van der Waals surface area contributed by atoms with Gasteiger partial charge in [0.15, 0.2) is 0 Å². The van der Waals surface area contributed by atoms with Gasteiger partial charge in [-0.05, 0) is 37.1 Å². The first-order valence-electron chi connectivity index (χ1n) is 5.54. The van der Waals surface area contributed by atoms with Crippen molar-refractivity contribution in [3.8, 4) is 5.75 Å². The van der Waals surface area contributed by atoms with Crippen LogP contribution in [0.25, 0.3) is 0 Å². The molecule has 1 heterocycles. The second-order valence-corrected chi connectivity index (χ2v) is 5.05. The maximum Gasteiger partial charge on any atom is 0.140 e. The van der Waals surface area contributed by atoms with Gasteiger partial charge in [0.25, 0.3) is 0 Å². The molecule has 0 aliphatic carbocycles. The second-order valence-electron chi connectivity index (χ2n) is 4.07. The first-order valence-corrected chi connectivity index (χ1v) is 6.42. The SMILES string of the molecule is Cc1cc(C(=N)N)cc(C)c1OCc1nccs1. The minimum Gasteiger partial charge on any atom is -0.486 e. The highest BCUT2D eigenvalue weighted by Gasteiger charge is 2.08. The van der Waals surface area contributed by atoms with Crippen molar-refractivity contribution in [2.45, 2.75) is 20.5 Å². The van der Waals surface area contributed by atoms with E-state index in [-0.39, 0.29) is 5.84 Å². The molecule has 5 heteroatoms. The number of hydrogen-bond donors (Lipinski definition) is 2. The summed E-state index contributed by atoms with van der Waals surface area (Å²) in [6.45, 7) is 4.38. The van der Waals surface area contributed by atoms with Crippen molar-refractivity contribution in [1.29, 1.82) is 5.41 Å². The van der Waals surface area contributed by atoms with E-state index in [1.807, 2.05) is 31.4 Å². The number of nitrogens with two attached hydrogens (primary N) is 1. The van der Waals surface area contributed by atoms with E-state index in [1.165, 1.54) is 0 Å². The first-order chi connectivity index (χ1) is 8.58. The summed E-state index contributed by atoms with van der Waals surface area (Å²) >= 11 is 1.57. The number of benzene rings is 1. The van der Waals surface area contributed by atoms with Crippen molar-refractivity contribution in [3.05, 3.63) is 45.4 Å². The molecule has 0 aliphatic heterocycles. The summed E-state index contributed by atoms with van der Waals surface area (Å²) in [4.78, 5) is 4.18. The number of amidine groups is 1. The third-order valence-corrected chi connectivity index (χ3v) is 3.35. The lowest BCUT2D eigenvalue weighted by molar-refractivity contribution is 0.301. The summed E-state index contributed by atoms with van der Waals surface area (Å²) in [7, 11) is 0. The van der Waals surface area contributed by atoms with Crippen molar-refractivity contribution in [2.75, 3.05) is 0 Å². The van der Waals surface area contributed by atoms with Crippen molar-refractivity contribution >= 4 is 17.2 Å². The Bertz CT molecular complexity index is 541. The Balaban J connectivity index is 2.20. The summed E-state index contributed by atoms with van der Waals surface area (Å²) in [6.07, 6.45) is 1.77. The molecular formula is C13H15N3OS. The maximum absolute atomic E-state index is 7.44. The summed E-state index contributed by atoms with van der Waals surface area (Å²) in [5.41, 5.74) is 8.18. The van der Waals surface area contributed by atoms with Crippen LogP contribution in [0.2, 0.25) is 0 Å². The minimum absolute atomic E-state index is 0.0765. The van der Waals surface area contributed by atoms with Crippen molar-refractivity contribution in [2.24, 2.45) is 5.73 Å². The molecule has 94 valence electrons. The molecule has 18 heavy (non-hydrogen) atoms. The van der Waals surface area contributed by atoms with E-state index in [0.29, 0.717) is 6.61 Å². The maximum atomic E-state index is 7.44. The van der Waals surface area contributed by atoms with Crippen LogP contribution < -0.4 is 10.5 Å². The lowest BCUT2D eigenvalue weighted by Crippen LogP contribution is -2.12. The molecule has 0 saturated carbocycles. The molecule has 2 aromatic rings. The van der Waals surface area contributed by atoms with Crippen LogP contribution in [0.4, 0.5) is 0 Å². The van der Waals surface area contributed by atoms with Gasteiger partial charge in [-0.2, -0.15) is 0 Å². The highest BCUT2D eigenvalue weighted by Crippen LogP contribution is 2.25. The van der Waals surface area contributed by atoms with Gasteiger partial charge in [0.2, 0.25) is 0 Å². The van der Waals surface area contributed by atoms with E-state index in [9.17, 15) is 0 Å². The lowest BCUT2D eigenvalue weighted by atomic mass is 10.1. The van der Waals surface area contributed by atoms with Crippen LogP contribution >= 0.6 is 11.3 Å². The van der Waals surface area contributed by atoms with Gasteiger partial charge < -0.3 is 10.5 Å². The number of rotatable bonds is 4. The van der Waals surface area contributed by atoms with E-state index in [1.54, 1.807) is 17.5 Å². The van der Waals surface area contributed by atoms with Gasteiger partial charge in [0.05, 0.1) is 0 Å². The van der Waals surface area contributed by atoms with E-state index in [0.717, 1.165) is 27.4 Å². The topological polar surface area (TPSA) is 72.0 Å². The highest BCUT2D eigenvalue weighted by molar-refractivity contribution is 7.09. The van der Waals surface area contributed by atoms with Gasteiger partial charge in [0, 0.05) is 17.1 Å². The van der Waals surface area contributed by atoms with Crippen molar-refractivity contribution < 1.29 is 4.74 Å². The highest BCUT2D eigenvalue weighted by atomic mass is 32.1. The smallest absolute Gasteiger partial charge is 0.140 e. The third kappa shape index (κ3) is 2.68. The molecule has 1 aromatic carbocycles. The van der Waals surface area contributed by atoms with E-state index in [2.05, 4.69) is 4.98 Å². The molecule has 4 nitrogen and oxygen atoms in total. The van der Waals surface area contributed by atoms with Crippen LogP contribution in [-0.2, 0) is 6.61 Å². The number of nitrogens with zero attached hydrogens (tertiary/aromatic N) is 1. The van der Waals surface area contributed by atoms with Gasteiger partial charge in [0.1, 0.15) is 23.2 Å². The zero-order valence-electron chi connectivity index (χ0n) is 10.4. The number of ether oxygens (including phenoxy) is 1. The van der Waals surface area contributed by atoms with Crippen molar-refractivity contribution in [1.82, 2.24) is 4.98 Å². The summed E-state index contributed by atoms with van der Waals surface area (Å²) in [6, 6.07) is 3.74. The fraction of sp³-hybridized carbons (Fsp3) is 0.231. The minimum atomic E-state index is 0.0765. The molecule has 1 aromatic heterocycles. The molecule has 0 amide bonds. The number of thiazole rings is 1. The summed E-state index contributed by atoms with van der Waals surface area (Å²) < 4.78 is 5.78. The van der Waals surface area contributed by atoms with E-state index in [4.69, 9.17) is 15.9 Å². The average molecular weight is 261 g/mol. The monoisotopic (exact) mass is 261 g/mol. The first kappa shape index (κ1) is 12.6. The molecule has 0 radical (unpaired) electrons. The number of nitrogen functional groups attached to an aromatic ring is 1. The zero-order chi connectivity index (χ0) is 13.1. The molecule has 2 rings (SSSR count). The molecule has 0 atom stereocenters. The predicted octanol–water partition coefficient (Wildman–Crippen LogP) is 2.62. The Morgan fingerprint density at radius 3 is 2.56 bits per heavy atom. The van der Waals surface area contributed by atoms with Gasteiger partial charge >= 0.3 is 0 Å². The largest absolute Gasteiger partial charge is 0.486 e. The van der Waals surface area contributed by atoms with Crippen LogP contribution in [0.15, 0.2) is 23.7 Å². The predicted molar refractivity (Wildman–Crippen MR) is 73.4 cm³/mol. The zero-order valence-corrected chi connectivity index (χ0v) is 11.2. The fourth-order valence-corrected chi connectivity index (χ4v) is 2.32. The number of aromatic nitrogens is 1. The number of nitrogens with one attached hydrogen (secondary N) is 1. The second kappa shape index (κ2) is 5.18. The Morgan fingerprint density at radius 1 is 1.39 bits per heavy atom. The average Bonchev–Trinajstić information content (AvgIpc) is 2.80. The standard InChI is InChI=1S/C13H15N3OS/c1-8-5-10(13(14)15)6-9(2)12(8)17-7-11-16-3-4-18-11/h3-6H,7H2,1-2H3,(H3,14,15). The Hall–Kier alpha value is -1.88. The molecule has 0 unspecified atom stereocenters. The van der Waals surface area contributed by atoms with Gasteiger partial charge in [-0.15, -0.1) is 11.3 Å². The summed E-state index contributed by atoms with van der Waals surface area (Å²) in [5, 5.41) is 10.3. The Morgan fingerprint density at radius 2 is 2.06 bits per heavy atom. The van der Waals surface area contributed by atoms with Crippen molar-refractivity contribution in [3.63, 3.8) is 0 Å². The molecule has 0 saturated heterocycles. The Labute approximate surface area is 110 Å². The number of aryl methyl sites for hydroxylation is 2. The van der Waals surface area contributed by atoms with Crippen LogP contribution in [0.3, 0.4) is 0 Å². The summed E-state index contributed by atoms with van der Waals surface area (Å²) in [5.74, 6) is 0.919. The van der Waals surface area contributed by atoms with Gasteiger partial charge in [-0.1, -0.05) is 0 Å². The lowest BCUT2D eigenvalue weighted by Gasteiger charge is -2.12. The van der Waals surface area contributed by atoms with Crippen LogP contribution in [0.1, 0.15) is 21.7 Å². The quantitative estimate of drug-likeness (QED) is 0.656. The number of hydrogen-bond acceptors (Lipinski definition) is 4. The van der Waals surface area contributed by atoms with Gasteiger partial charge in [-0.25, -0.2) is 4.98 Å². The van der Waals surface area contributed by atoms with E-state index < -0.39 is 0 Å². The molecule has 3 N–H and O–H groups in total. The third-order valence-electron chi connectivity index (χ3n) is 2.59. The van der Waals surface area contributed by atoms with Crippen LogP contribution in [0.5, 0.6) is 5.75 Å². The molecule has 0 fully saturated rings. The van der Waals surface area contributed by atoms with E-state index >= 15 is 0 Å². The molecule has 0 aliphatic rings. The fourth-order valence-electron chi connectivity index (χ4n) is 1.79. The Kier molecular flexibility index (Phi) is 3.62. The molecular weight excluding hydrogens is 246 g/mol. The van der Waals surface area contributed by atoms with Gasteiger partial charge in [-0.3, -0.25) is 5.41 Å². The van der Waals surface area contributed by atoms with Crippen LogP contribution in [-0.4, -0.2) is 10.8 Å². The molecule has 0 spiro atoms. The normalized spacial score (nSPS) is 10.3. The van der Waals surface area contributed by atoms with Crippen LogP contribution in [0, 0.1) is 19.3 Å².